The Morgan fingerprint density at radius 1 is 1.03 bits per heavy atom. The average Bonchev–Trinajstić information content (AvgIpc) is 3.20. The molecule has 1 heterocycles. The summed E-state index contributed by atoms with van der Waals surface area (Å²) in [6, 6.07) is 25.4. The topological polar surface area (TPSA) is 49.4 Å². The zero-order valence-electron chi connectivity index (χ0n) is 18.1. The fraction of sp³-hybridized carbons (Fsp3) is 0.231. The molecule has 7 heteroatoms. The van der Waals surface area contributed by atoms with Crippen LogP contribution in [0.4, 0.5) is 0 Å². The molecule has 3 aromatic rings. The van der Waals surface area contributed by atoms with Crippen LogP contribution in [0, 0.1) is 0 Å². The van der Waals surface area contributed by atoms with Crippen molar-refractivity contribution in [3.8, 4) is 0 Å². The molecule has 1 atom stereocenters. The molecule has 1 aliphatic heterocycles. The molecule has 1 saturated heterocycles. The Morgan fingerprint density at radius 2 is 1.76 bits per heavy atom. The van der Waals surface area contributed by atoms with Crippen LogP contribution < -0.4 is 5.32 Å². The largest absolute Gasteiger partial charge is 0.351 e. The molecule has 2 amide bonds. The lowest BCUT2D eigenvalue weighted by Crippen LogP contribution is -2.28. The highest BCUT2D eigenvalue weighted by molar-refractivity contribution is 8.00. The molecule has 0 aromatic heterocycles. The van der Waals surface area contributed by atoms with E-state index in [4.69, 9.17) is 11.6 Å². The monoisotopic (exact) mass is 496 g/mol. The van der Waals surface area contributed by atoms with Gasteiger partial charge in [0.2, 0.25) is 5.91 Å². The van der Waals surface area contributed by atoms with Crippen LogP contribution in [-0.4, -0.2) is 34.8 Å². The van der Waals surface area contributed by atoms with Gasteiger partial charge in [-0.2, -0.15) is 11.8 Å². The number of carbonyl (C=O) groups is 2. The minimum atomic E-state index is -0.0869. The number of hydrogen-bond donors (Lipinski definition) is 1. The Kier molecular flexibility index (Phi) is 8.37. The third kappa shape index (κ3) is 6.34. The Labute approximate surface area is 208 Å². The molecule has 4 rings (SSSR count). The van der Waals surface area contributed by atoms with Crippen molar-refractivity contribution in [1.29, 1.82) is 0 Å². The summed E-state index contributed by atoms with van der Waals surface area (Å²) in [6.07, 6.45) is 0. The van der Waals surface area contributed by atoms with Crippen molar-refractivity contribution in [3.05, 3.63) is 106 Å². The summed E-state index contributed by atoms with van der Waals surface area (Å²) in [5, 5.41) is 3.72. The van der Waals surface area contributed by atoms with Crippen LogP contribution in [0.3, 0.4) is 0 Å². The number of amides is 2. The van der Waals surface area contributed by atoms with Gasteiger partial charge >= 0.3 is 0 Å². The van der Waals surface area contributed by atoms with E-state index in [0.29, 0.717) is 24.4 Å². The van der Waals surface area contributed by atoms with Crippen LogP contribution in [0.25, 0.3) is 0 Å². The summed E-state index contributed by atoms with van der Waals surface area (Å²) < 4.78 is 0. The Morgan fingerprint density at radius 3 is 2.52 bits per heavy atom. The quantitative estimate of drug-likeness (QED) is 0.382. The highest BCUT2D eigenvalue weighted by atomic mass is 35.5. The SMILES string of the molecule is O=C(NCCSCc1ccccc1Cl)c1ccc([C@H]2SCC(=O)N2Cc2ccccc2)cc1. The van der Waals surface area contributed by atoms with Gasteiger partial charge in [-0.15, -0.1) is 11.8 Å². The predicted octanol–water partition coefficient (Wildman–Crippen LogP) is 5.78. The van der Waals surface area contributed by atoms with E-state index in [1.807, 2.05) is 83.8 Å². The molecule has 4 nitrogen and oxygen atoms in total. The van der Waals surface area contributed by atoms with E-state index in [1.54, 1.807) is 23.5 Å². The van der Waals surface area contributed by atoms with E-state index in [-0.39, 0.29) is 17.2 Å². The van der Waals surface area contributed by atoms with Crippen molar-refractivity contribution in [2.24, 2.45) is 0 Å². The summed E-state index contributed by atoms with van der Waals surface area (Å²) in [4.78, 5) is 26.9. The van der Waals surface area contributed by atoms with Gasteiger partial charge in [0.1, 0.15) is 5.37 Å². The Balaban J connectivity index is 1.28. The first-order chi connectivity index (χ1) is 16.1. The van der Waals surface area contributed by atoms with E-state index in [2.05, 4.69) is 5.32 Å². The third-order valence-corrected chi connectivity index (χ3v) is 8.00. The van der Waals surface area contributed by atoms with Crippen molar-refractivity contribution in [2.45, 2.75) is 17.7 Å². The molecule has 0 aliphatic carbocycles. The van der Waals surface area contributed by atoms with Crippen LogP contribution in [0.15, 0.2) is 78.9 Å². The summed E-state index contributed by atoms with van der Waals surface area (Å²) in [7, 11) is 0. The van der Waals surface area contributed by atoms with Gasteiger partial charge in [-0.05, 0) is 34.9 Å². The van der Waals surface area contributed by atoms with Crippen molar-refractivity contribution in [1.82, 2.24) is 10.2 Å². The minimum Gasteiger partial charge on any atom is -0.351 e. The molecular weight excluding hydrogens is 472 g/mol. The van der Waals surface area contributed by atoms with Gasteiger partial charge in [0.05, 0.1) is 5.75 Å². The average molecular weight is 497 g/mol. The second-order valence-electron chi connectivity index (χ2n) is 7.69. The zero-order valence-corrected chi connectivity index (χ0v) is 20.5. The lowest BCUT2D eigenvalue weighted by Gasteiger charge is -2.24. The Hall–Kier alpha value is -2.41. The highest BCUT2D eigenvalue weighted by Crippen LogP contribution is 2.39. The molecule has 0 saturated carbocycles. The van der Waals surface area contributed by atoms with Crippen LogP contribution >= 0.6 is 35.1 Å². The lowest BCUT2D eigenvalue weighted by atomic mass is 10.1. The number of nitrogens with zero attached hydrogens (tertiary/aromatic N) is 1. The first-order valence-electron chi connectivity index (χ1n) is 10.8. The maximum atomic E-state index is 12.5. The highest BCUT2D eigenvalue weighted by Gasteiger charge is 2.32. The maximum Gasteiger partial charge on any atom is 0.251 e. The number of benzene rings is 3. The van der Waals surface area contributed by atoms with E-state index < -0.39 is 0 Å². The molecule has 0 bridgehead atoms. The Bertz CT molecular complexity index is 1090. The third-order valence-electron chi connectivity index (χ3n) is 5.37. The summed E-state index contributed by atoms with van der Waals surface area (Å²) in [5.41, 5.74) is 3.88. The van der Waals surface area contributed by atoms with Crippen molar-refractivity contribution < 1.29 is 9.59 Å². The number of thioether (sulfide) groups is 2. The second-order valence-corrected chi connectivity index (χ2v) is 10.3. The lowest BCUT2D eigenvalue weighted by molar-refractivity contribution is -0.128. The van der Waals surface area contributed by atoms with E-state index in [0.717, 1.165) is 33.2 Å². The van der Waals surface area contributed by atoms with Crippen LogP contribution in [0.5, 0.6) is 0 Å². The number of carbonyl (C=O) groups excluding carboxylic acids is 2. The van der Waals surface area contributed by atoms with Crippen LogP contribution in [0.2, 0.25) is 5.02 Å². The zero-order chi connectivity index (χ0) is 23.0. The van der Waals surface area contributed by atoms with E-state index >= 15 is 0 Å². The maximum absolute atomic E-state index is 12.5. The fourth-order valence-corrected chi connectivity index (χ4v) is 5.95. The van der Waals surface area contributed by atoms with Crippen LogP contribution in [0.1, 0.15) is 32.4 Å². The summed E-state index contributed by atoms with van der Waals surface area (Å²) >= 11 is 9.54. The van der Waals surface area contributed by atoms with E-state index in [1.165, 1.54) is 0 Å². The van der Waals surface area contributed by atoms with Gasteiger partial charge < -0.3 is 10.2 Å². The van der Waals surface area contributed by atoms with Crippen molar-refractivity contribution in [2.75, 3.05) is 18.1 Å². The second kappa shape index (κ2) is 11.6. The summed E-state index contributed by atoms with van der Waals surface area (Å²) in [6.45, 7) is 1.18. The number of nitrogens with one attached hydrogen (secondary N) is 1. The molecule has 170 valence electrons. The number of hydrogen-bond acceptors (Lipinski definition) is 4. The van der Waals surface area contributed by atoms with Gasteiger partial charge in [-0.1, -0.05) is 72.3 Å². The molecule has 0 unspecified atom stereocenters. The molecule has 1 fully saturated rings. The van der Waals surface area contributed by atoms with Crippen LogP contribution in [-0.2, 0) is 17.1 Å². The summed E-state index contributed by atoms with van der Waals surface area (Å²) in [5.74, 6) is 2.17. The number of rotatable bonds is 9. The predicted molar refractivity (Wildman–Crippen MR) is 139 cm³/mol. The van der Waals surface area contributed by atoms with Gasteiger partial charge in [-0.25, -0.2) is 0 Å². The van der Waals surface area contributed by atoms with Crippen molar-refractivity contribution in [3.63, 3.8) is 0 Å². The van der Waals surface area contributed by atoms with Gasteiger partial charge in [0.15, 0.2) is 0 Å². The standard InChI is InChI=1S/C26H25ClN2O2S2/c27-23-9-5-4-8-22(23)17-32-15-14-28-25(31)20-10-12-21(13-11-20)26-29(24(30)18-33-26)16-19-6-2-1-3-7-19/h1-13,26H,14-18H2,(H,28,31)/t26-/m1/s1. The molecule has 1 aliphatic rings. The van der Waals surface area contributed by atoms with Gasteiger partial charge in [0.25, 0.3) is 5.91 Å². The molecule has 1 N–H and O–H groups in total. The molecular formula is C26H25ClN2O2S2. The normalized spacial score (nSPS) is 15.6. The van der Waals surface area contributed by atoms with Gasteiger partial charge in [-0.3, -0.25) is 9.59 Å². The minimum absolute atomic E-state index is 0.0315. The smallest absolute Gasteiger partial charge is 0.251 e. The van der Waals surface area contributed by atoms with Crippen molar-refractivity contribution >= 4 is 46.9 Å². The molecule has 0 spiro atoms. The number of halogens is 1. The van der Waals surface area contributed by atoms with Gasteiger partial charge in [0, 0.05) is 35.2 Å². The fourth-order valence-electron chi connectivity index (χ4n) is 3.62. The first-order valence-corrected chi connectivity index (χ1v) is 13.3. The van der Waals surface area contributed by atoms with E-state index in [9.17, 15) is 9.59 Å². The molecule has 33 heavy (non-hydrogen) atoms. The molecule has 0 radical (unpaired) electrons. The first kappa shape index (κ1) is 23.7. The molecule has 3 aromatic carbocycles.